The van der Waals surface area contributed by atoms with Crippen molar-refractivity contribution < 1.29 is 22.8 Å². The minimum absolute atomic E-state index is 0.145. The van der Waals surface area contributed by atoms with Crippen molar-refractivity contribution in [3.05, 3.63) is 58.1 Å². The van der Waals surface area contributed by atoms with Crippen LogP contribution in [0.5, 0.6) is 11.5 Å². The lowest BCUT2D eigenvalue weighted by Crippen LogP contribution is -2.40. The van der Waals surface area contributed by atoms with Gasteiger partial charge in [0.15, 0.2) is 0 Å². The van der Waals surface area contributed by atoms with Crippen molar-refractivity contribution >= 4 is 15.7 Å². The average Bonchev–Trinajstić information content (AvgIpc) is 2.69. The first-order valence-electron chi connectivity index (χ1n) is 7.97. The van der Waals surface area contributed by atoms with Gasteiger partial charge in [-0.2, -0.15) is 9.57 Å². The molecule has 9 nitrogen and oxygen atoms in total. The average molecular weight is 389 g/mol. The number of ether oxygens (including phenoxy) is 2. The molecule has 1 aliphatic rings. The van der Waals surface area contributed by atoms with Crippen molar-refractivity contribution in [1.82, 2.24) is 4.31 Å². The number of nitrogens with zero attached hydrogens (tertiary/aromatic N) is 3. The zero-order valence-electron chi connectivity index (χ0n) is 14.1. The predicted molar refractivity (Wildman–Crippen MR) is 93.9 cm³/mol. The maximum Gasteiger partial charge on any atom is 0.312 e. The molecule has 1 aliphatic heterocycles. The highest BCUT2D eigenvalue weighted by atomic mass is 32.2. The Kier molecular flexibility index (Phi) is 5.36. The van der Waals surface area contributed by atoms with Gasteiger partial charge in [-0.1, -0.05) is 12.1 Å². The smallest absolute Gasteiger partial charge is 0.312 e. The molecule has 3 rings (SSSR count). The van der Waals surface area contributed by atoms with Crippen molar-refractivity contribution in [1.29, 1.82) is 5.26 Å². The van der Waals surface area contributed by atoms with Gasteiger partial charge in [0.25, 0.3) is 0 Å². The number of sulfonamides is 1. The molecule has 0 atom stereocenters. The molecule has 0 amide bonds. The van der Waals surface area contributed by atoms with Crippen LogP contribution >= 0.6 is 0 Å². The number of hydrogen-bond donors (Lipinski definition) is 0. The number of benzene rings is 2. The molecular formula is C17H15N3O6S. The molecule has 2 aromatic carbocycles. The van der Waals surface area contributed by atoms with Gasteiger partial charge in [-0.05, 0) is 24.3 Å². The number of morpholine rings is 1. The SMILES string of the molecule is N#Cc1ccccc1Oc1ccc(S(=O)(=O)N2CCOCC2)cc1[N+](=O)[O-]. The normalized spacial score (nSPS) is 15.1. The monoisotopic (exact) mass is 389 g/mol. The number of nitriles is 1. The lowest BCUT2D eigenvalue weighted by atomic mass is 10.2. The van der Waals surface area contributed by atoms with Crippen molar-refractivity contribution in [2.24, 2.45) is 0 Å². The maximum atomic E-state index is 12.7. The van der Waals surface area contributed by atoms with E-state index in [-0.39, 0.29) is 48.3 Å². The van der Waals surface area contributed by atoms with E-state index in [2.05, 4.69) is 0 Å². The zero-order chi connectivity index (χ0) is 19.4. The summed E-state index contributed by atoms with van der Waals surface area (Å²) < 4.78 is 37.3. The highest BCUT2D eigenvalue weighted by Crippen LogP contribution is 2.35. The zero-order valence-corrected chi connectivity index (χ0v) is 14.9. The third kappa shape index (κ3) is 3.90. The third-order valence-electron chi connectivity index (χ3n) is 3.96. The van der Waals surface area contributed by atoms with Crippen LogP contribution in [0, 0.1) is 21.4 Å². The third-order valence-corrected chi connectivity index (χ3v) is 5.86. The molecule has 0 bridgehead atoms. The van der Waals surface area contributed by atoms with E-state index < -0.39 is 20.6 Å². The van der Waals surface area contributed by atoms with Crippen LogP contribution in [0.15, 0.2) is 47.4 Å². The summed E-state index contributed by atoms with van der Waals surface area (Å²) in [4.78, 5) is 10.5. The molecule has 0 saturated carbocycles. The minimum atomic E-state index is -3.88. The summed E-state index contributed by atoms with van der Waals surface area (Å²) in [7, 11) is -3.88. The Hall–Kier alpha value is -3.00. The highest BCUT2D eigenvalue weighted by molar-refractivity contribution is 7.89. The fourth-order valence-electron chi connectivity index (χ4n) is 2.59. The summed E-state index contributed by atoms with van der Waals surface area (Å²) in [5, 5.41) is 20.6. The van der Waals surface area contributed by atoms with Crippen molar-refractivity contribution in [3.63, 3.8) is 0 Å². The highest BCUT2D eigenvalue weighted by Gasteiger charge is 2.29. The summed E-state index contributed by atoms with van der Waals surface area (Å²) in [6.45, 7) is 0.911. The van der Waals surface area contributed by atoms with Crippen LogP contribution in [0.25, 0.3) is 0 Å². The van der Waals surface area contributed by atoms with Gasteiger partial charge in [-0.25, -0.2) is 8.42 Å². The van der Waals surface area contributed by atoms with Crippen LogP contribution in [-0.2, 0) is 14.8 Å². The molecule has 0 unspecified atom stereocenters. The van der Waals surface area contributed by atoms with Crippen LogP contribution in [0.3, 0.4) is 0 Å². The molecule has 0 radical (unpaired) electrons. The first-order valence-corrected chi connectivity index (χ1v) is 9.41. The molecule has 2 aromatic rings. The van der Waals surface area contributed by atoms with E-state index in [4.69, 9.17) is 14.7 Å². The Balaban J connectivity index is 1.98. The number of hydrogen-bond acceptors (Lipinski definition) is 7. The topological polar surface area (TPSA) is 123 Å². The van der Waals surface area contributed by atoms with Crippen LogP contribution in [0.2, 0.25) is 0 Å². The molecule has 0 N–H and O–H groups in total. The van der Waals surface area contributed by atoms with E-state index >= 15 is 0 Å². The molecule has 0 spiro atoms. The molecule has 1 fully saturated rings. The van der Waals surface area contributed by atoms with Gasteiger partial charge in [0.1, 0.15) is 11.8 Å². The van der Waals surface area contributed by atoms with Gasteiger partial charge < -0.3 is 9.47 Å². The van der Waals surface area contributed by atoms with Crippen molar-refractivity contribution in [2.75, 3.05) is 26.3 Å². The standard InChI is InChI=1S/C17H15N3O6S/c18-12-13-3-1-2-4-16(13)26-17-6-5-14(11-15(17)20(21)22)27(23,24)19-7-9-25-10-8-19/h1-6,11H,7-10H2. The fraction of sp³-hybridized carbons (Fsp3) is 0.235. The van der Waals surface area contributed by atoms with E-state index in [0.29, 0.717) is 0 Å². The lowest BCUT2D eigenvalue weighted by molar-refractivity contribution is -0.385. The largest absolute Gasteiger partial charge is 0.449 e. The fourth-order valence-corrected chi connectivity index (χ4v) is 4.02. The van der Waals surface area contributed by atoms with Gasteiger partial charge >= 0.3 is 5.69 Å². The molecule has 10 heteroatoms. The molecule has 140 valence electrons. The van der Waals surface area contributed by atoms with Gasteiger partial charge in [-0.3, -0.25) is 10.1 Å². The Morgan fingerprint density at radius 1 is 1.15 bits per heavy atom. The van der Waals surface area contributed by atoms with Gasteiger partial charge in [-0.15, -0.1) is 0 Å². The summed E-state index contributed by atoms with van der Waals surface area (Å²) in [6, 6.07) is 11.6. The second kappa shape index (κ2) is 7.71. The van der Waals surface area contributed by atoms with Crippen LogP contribution in [-0.4, -0.2) is 43.9 Å². The quantitative estimate of drug-likeness (QED) is 0.568. The summed E-state index contributed by atoms with van der Waals surface area (Å²) >= 11 is 0. The Morgan fingerprint density at radius 3 is 2.52 bits per heavy atom. The molecular weight excluding hydrogens is 374 g/mol. The van der Waals surface area contributed by atoms with E-state index in [0.717, 1.165) is 6.07 Å². The summed E-state index contributed by atoms with van der Waals surface area (Å²) in [6.07, 6.45) is 0. The molecule has 27 heavy (non-hydrogen) atoms. The Labute approximate surface area is 155 Å². The Bertz CT molecular complexity index is 1010. The van der Waals surface area contributed by atoms with Crippen LogP contribution in [0.4, 0.5) is 5.69 Å². The number of nitro benzene ring substituents is 1. The van der Waals surface area contributed by atoms with Gasteiger partial charge in [0.05, 0.1) is 28.6 Å². The Morgan fingerprint density at radius 2 is 1.85 bits per heavy atom. The van der Waals surface area contributed by atoms with E-state index in [9.17, 15) is 18.5 Å². The van der Waals surface area contributed by atoms with Gasteiger partial charge in [0.2, 0.25) is 15.8 Å². The number of para-hydroxylation sites is 1. The van der Waals surface area contributed by atoms with Crippen molar-refractivity contribution in [2.45, 2.75) is 4.90 Å². The second-order valence-electron chi connectivity index (χ2n) is 5.61. The molecule has 1 heterocycles. The first kappa shape index (κ1) is 18.8. The number of rotatable bonds is 5. The summed E-state index contributed by atoms with van der Waals surface area (Å²) in [5.41, 5.74) is -0.297. The van der Waals surface area contributed by atoms with E-state index in [1.54, 1.807) is 12.1 Å². The number of nitro groups is 1. The van der Waals surface area contributed by atoms with Gasteiger partial charge in [0, 0.05) is 19.2 Å². The first-order chi connectivity index (χ1) is 12.9. The molecule has 0 aromatic heterocycles. The molecule has 0 aliphatic carbocycles. The predicted octanol–water partition coefficient (Wildman–Crippen LogP) is 2.28. The second-order valence-corrected chi connectivity index (χ2v) is 7.55. The van der Waals surface area contributed by atoms with E-state index in [1.165, 1.54) is 28.6 Å². The minimum Gasteiger partial charge on any atom is -0.449 e. The van der Waals surface area contributed by atoms with Crippen LogP contribution < -0.4 is 4.74 Å². The maximum absolute atomic E-state index is 12.7. The van der Waals surface area contributed by atoms with Crippen LogP contribution in [0.1, 0.15) is 5.56 Å². The molecule has 1 saturated heterocycles. The summed E-state index contributed by atoms with van der Waals surface area (Å²) in [5.74, 6) is -0.00415. The van der Waals surface area contributed by atoms with Crippen molar-refractivity contribution in [3.8, 4) is 17.6 Å². The lowest BCUT2D eigenvalue weighted by Gasteiger charge is -2.26. The van der Waals surface area contributed by atoms with E-state index in [1.807, 2.05) is 6.07 Å².